The second-order valence-electron chi connectivity index (χ2n) is 3.42. The standard InChI is InChI=1S/C9H17N3/c1-2-12(5-3-4-10)9-6-8(11)7-9/h8-9H,2-3,5-7,11H2,1H3. The Morgan fingerprint density at radius 1 is 1.58 bits per heavy atom. The van der Waals surface area contributed by atoms with Gasteiger partial charge in [0, 0.05) is 25.0 Å². The molecule has 0 amide bonds. The molecule has 2 N–H and O–H groups in total. The van der Waals surface area contributed by atoms with Gasteiger partial charge in [-0.25, -0.2) is 0 Å². The minimum atomic E-state index is 0.408. The number of hydrogen-bond acceptors (Lipinski definition) is 3. The molecule has 0 atom stereocenters. The Morgan fingerprint density at radius 2 is 2.25 bits per heavy atom. The summed E-state index contributed by atoms with van der Waals surface area (Å²) >= 11 is 0. The highest BCUT2D eigenvalue weighted by Crippen LogP contribution is 2.23. The van der Waals surface area contributed by atoms with Crippen LogP contribution in [0, 0.1) is 11.3 Å². The second-order valence-corrected chi connectivity index (χ2v) is 3.42. The van der Waals surface area contributed by atoms with Gasteiger partial charge in [-0.05, 0) is 19.4 Å². The lowest BCUT2D eigenvalue weighted by Gasteiger charge is -2.40. The van der Waals surface area contributed by atoms with Gasteiger partial charge in [0.25, 0.3) is 0 Å². The van der Waals surface area contributed by atoms with Crippen molar-refractivity contribution >= 4 is 0 Å². The highest BCUT2D eigenvalue weighted by atomic mass is 15.2. The maximum atomic E-state index is 8.43. The van der Waals surface area contributed by atoms with Gasteiger partial charge in [-0.1, -0.05) is 6.92 Å². The molecule has 0 aliphatic heterocycles. The van der Waals surface area contributed by atoms with Crippen LogP contribution in [0.4, 0.5) is 0 Å². The molecule has 0 aromatic rings. The predicted molar refractivity (Wildman–Crippen MR) is 48.5 cm³/mol. The Balaban J connectivity index is 2.22. The zero-order valence-electron chi connectivity index (χ0n) is 7.66. The summed E-state index contributed by atoms with van der Waals surface area (Å²) in [6.45, 7) is 4.09. The average Bonchev–Trinajstić information content (AvgIpc) is 2.02. The number of nitrogens with two attached hydrogens (primary N) is 1. The molecule has 0 saturated heterocycles. The van der Waals surface area contributed by atoms with Gasteiger partial charge in [-0.2, -0.15) is 5.26 Å². The number of nitriles is 1. The monoisotopic (exact) mass is 167 g/mol. The van der Waals surface area contributed by atoms with Gasteiger partial charge in [0.05, 0.1) is 6.07 Å². The van der Waals surface area contributed by atoms with E-state index in [2.05, 4.69) is 17.9 Å². The first-order valence-corrected chi connectivity index (χ1v) is 4.64. The molecule has 1 aliphatic carbocycles. The molecule has 68 valence electrons. The number of hydrogen-bond donors (Lipinski definition) is 1. The van der Waals surface area contributed by atoms with E-state index >= 15 is 0 Å². The second kappa shape index (κ2) is 4.44. The van der Waals surface area contributed by atoms with Gasteiger partial charge in [-0.3, -0.25) is 4.90 Å². The molecule has 1 rings (SSSR count). The lowest BCUT2D eigenvalue weighted by atomic mass is 9.86. The first-order valence-electron chi connectivity index (χ1n) is 4.64. The Labute approximate surface area is 74.1 Å². The molecule has 0 unspecified atom stereocenters. The zero-order valence-corrected chi connectivity index (χ0v) is 7.66. The van der Waals surface area contributed by atoms with Crippen LogP contribution in [0.1, 0.15) is 26.2 Å². The number of rotatable bonds is 4. The normalized spacial score (nSPS) is 28.2. The van der Waals surface area contributed by atoms with Crippen LogP contribution in [-0.2, 0) is 0 Å². The van der Waals surface area contributed by atoms with Gasteiger partial charge in [-0.15, -0.1) is 0 Å². The average molecular weight is 167 g/mol. The molecule has 1 aliphatic rings. The van der Waals surface area contributed by atoms with Crippen molar-refractivity contribution < 1.29 is 0 Å². The van der Waals surface area contributed by atoms with Crippen LogP contribution >= 0.6 is 0 Å². The van der Waals surface area contributed by atoms with Gasteiger partial charge in [0.1, 0.15) is 0 Å². The van der Waals surface area contributed by atoms with E-state index in [1.54, 1.807) is 0 Å². The lowest BCUT2D eigenvalue weighted by molar-refractivity contribution is 0.119. The van der Waals surface area contributed by atoms with Crippen LogP contribution in [0.3, 0.4) is 0 Å². The third kappa shape index (κ3) is 2.20. The van der Waals surface area contributed by atoms with Crippen LogP contribution < -0.4 is 5.73 Å². The first kappa shape index (κ1) is 9.50. The van der Waals surface area contributed by atoms with Gasteiger partial charge in [0.2, 0.25) is 0 Å². The summed E-state index contributed by atoms with van der Waals surface area (Å²) in [5, 5.41) is 8.43. The van der Waals surface area contributed by atoms with Crippen LogP contribution in [0.15, 0.2) is 0 Å². The van der Waals surface area contributed by atoms with Crippen molar-refractivity contribution in [3.63, 3.8) is 0 Å². The van der Waals surface area contributed by atoms with Gasteiger partial charge >= 0.3 is 0 Å². The Hall–Kier alpha value is -0.590. The van der Waals surface area contributed by atoms with Crippen molar-refractivity contribution in [3.05, 3.63) is 0 Å². The van der Waals surface area contributed by atoms with Gasteiger partial charge in [0.15, 0.2) is 0 Å². The fraction of sp³-hybridized carbons (Fsp3) is 0.889. The molecule has 0 radical (unpaired) electrons. The quantitative estimate of drug-likeness (QED) is 0.671. The summed E-state index contributed by atoms with van der Waals surface area (Å²) in [5.74, 6) is 0. The van der Waals surface area contributed by atoms with E-state index in [4.69, 9.17) is 11.0 Å². The molecule has 1 fully saturated rings. The Morgan fingerprint density at radius 3 is 2.67 bits per heavy atom. The largest absolute Gasteiger partial charge is 0.328 e. The fourth-order valence-electron chi connectivity index (χ4n) is 1.72. The highest BCUT2D eigenvalue weighted by molar-refractivity contribution is 4.90. The molecular formula is C9H17N3. The van der Waals surface area contributed by atoms with Crippen molar-refractivity contribution in [2.45, 2.75) is 38.3 Å². The summed E-state index contributed by atoms with van der Waals surface area (Å²) in [7, 11) is 0. The molecule has 0 aromatic carbocycles. The Bertz CT molecular complexity index is 167. The van der Waals surface area contributed by atoms with E-state index in [9.17, 15) is 0 Å². The highest BCUT2D eigenvalue weighted by Gasteiger charge is 2.29. The van der Waals surface area contributed by atoms with Crippen molar-refractivity contribution in [2.24, 2.45) is 5.73 Å². The molecule has 3 nitrogen and oxygen atoms in total. The molecule has 0 spiro atoms. The topological polar surface area (TPSA) is 53.0 Å². The maximum absolute atomic E-state index is 8.43. The third-order valence-electron chi connectivity index (χ3n) is 2.58. The third-order valence-corrected chi connectivity index (χ3v) is 2.58. The summed E-state index contributed by atoms with van der Waals surface area (Å²) in [5.41, 5.74) is 5.70. The smallest absolute Gasteiger partial charge is 0.0635 e. The van der Waals surface area contributed by atoms with Crippen LogP contribution in [0.5, 0.6) is 0 Å². The first-order chi connectivity index (χ1) is 5.77. The summed E-state index contributed by atoms with van der Waals surface area (Å²) in [4.78, 5) is 2.35. The Kier molecular flexibility index (Phi) is 3.51. The van der Waals surface area contributed by atoms with Crippen molar-refractivity contribution in [2.75, 3.05) is 13.1 Å². The fourth-order valence-corrected chi connectivity index (χ4v) is 1.72. The molecule has 3 heteroatoms. The van der Waals surface area contributed by atoms with E-state index in [0.717, 1.165) is 25.9 Å². The van der Waals surface area contributed by atoms with E-state index in [0.29, 0.717) is 18.5 Å². The predicted octanol–water partition coefficient (Wildman–Crippen LogP) is 0.712. The van der Waals surface area contributed by atoms with Crippen LogP contribution in [0.25, 0.3) is 0 Å². The molecular weight excluding hydrogens is 150 g/mol. The molecule has 0 bridgehead atoms. The zero-order chi connectivity index (χ0) is 8.97. The van der Waals surface area contributed by atoms with E-state index < -0.39 is 0 Å². The molecule has 1 saturated carbocycles. The lowest BCUT2D eigenvalue weighted by Crippen LogP contribution is -2.50. The van der Waals surface area contributed by atoms with Crippen molar-refractivity contribution in [1.82, 2.24) is 4.90 Å². The minimum Gasteiger partial charge on any atom is -0.328 e. The van der Waals surface area contributed by atoms with E-state index in [-0.39, 0.29) is 0 Å². The molecule has 0 aromatic heterocycles. The van der Waals surface area contributed by atoms with Crippen LogP contribution in [-0.4, -0.2) is 30.1 Å². The van der Waals surface area contributed by atoms with E-state index in [1.807, 2.05) is 0 Å². The van der Waals surface area contributed by atoms with Crippen molar-refractivity contribution in [3.8, 4) is 6.07 Å². The van der Waals surface area contributed by atoms with Crippen LogP contribution in [0.2, 0.25) is 0 Å². The van der Waals surface area contributed by atoms with Crippen molar-refractivity contribution in [1.29, 1.82) is 5.26 Å². The maximum Gasteiger partial charge on any atom is 0.0635 e. The van der Waals surface area contributed by atoms with E-state index in [1.165, 1.54) is 0 Å². The molecule has 0 heterocycles. The summed E-state index contributed by atoms with van der Waals surface area (Å²) in [6.07, 6.45) is 2.86. The molecule has 12 heavy (non-hydrogen) atoms. The number of nitrogens with zero attached hydrogens (tertiary/aromatic N) is 2. The SMILES string of the molecule is CCN(CCC#N)C1CC(N)C1. The minimum absolute atomic E-state index is 0.408. The summed E-state index contributed by atoms with van der Waals surface area (Å²) < 4.78 is 0. The van der Waals surface area contributed by atoms with Gasteiger partial charge < -0.3 is 5.73 Å². The summed E-state index contributed by atoms with van der Waals surface area (Å²) in [6, 6.07) is 3.23.